The molecule has 0 unspecified atom stereocenters. The molecule has 0 spiro atoms. The maximum Gasteiger partial charge on any atom is 0.229 e. The average Bonchev–Trinajstić information content (AvgIpc) is 3.03. The monoisotopic (exact) mass is 294 g/mol. The third kappa shape index (κ3) is 4.16. The summed E-state index contributed by atoms with van der Waals surface area (Å²) in [6.45, 7) is 0.983. The van der Waals surface area contributed by atoms with Gasteiger partial charge in [-0.15, -0.1) is 11.3 Å². The van der Waals surface area contributed by atoms with Crippen LogP contribution in [0.5, 0.6) is 0 Å². The molecule has 1 aromatic rings. The second kappa shape index (κ2) is 7.19. The highest BCUT2D eigenvalue weighted by molar-refractivity contribution is 7.09. The summed E-state index contributed by atoms with van der Waals surface area (Å²) >= 11 is 1.68. The number of nitrogens with one attached hydrogen (secondary N) is 1. The minimum absolute atomic E-state index is 0.0272. The predicted molar refractivity (Wildman–Crippen MR) is 76.2 cm³/mol. The molecule has 20 heavy (non-hydrogen) atoms. The number of carbonyl (C=O) groups excluding carboxylic acids is 3. The van der Waals surface area contributed by atoms with E-state index in [9.17, 15) is 14.4 Å². The van der Waals surface area contributed by atoms with Gasteiger partial charge in [-0.25, -0.2) is 0 Å². The topological polar surface area (TPSA) is 66.5 Å². The first-order valence-electron chi connectivity index (χ1n) is 6.79. The summed E-state index contributed by atoms with van der Waals surface area (Å²) in [4.78, 5) is 36.9. The second-order valence-corrected chi connectivity index (χ2v) is 5.75. The Morgan fingerprint density at radius 3 is 2.70 bits per heavy atom. The molecule has 1 aliphatic heterocycles. The molecule has 1 fully saturated rings. The molecule has 2 rings (SSSR count). The lowest BCUT2D eigenvalue weighted by atomic mass is 10.2. The van der Waals surface area contributed by atoms with E-state index in [1.165, 1.54) is 9.78 Å². The summed E-state index contributed by atoms with van der Waals surface area (Å²) in [6.07, 6.45) is 2.34. The third-order valence-corrected chi connectivity index (χ3v) is 4.15. The van der Waals surface area contributed by atoms with Gasteiger partial charge >= 0.3 is 0 Å². The van der Waals surface area contributed by atoms with Crippen molar-refractivity contribution in [3.8, 4) is 0 Å². The van der Waals surface area contributed by atoms with E-state index < -0.39 is 0 Å². The van der Waals surface area contributed by atoms with Crippen LogP contribution in [0.1, 0.15) is 30.6 Å². The van der Waals surface area contributed by atoms with E-state index >= 15 is 0 Å². The minimum atomic E-state index is -0.117. The zero-order valence-corrected chi connectivity index (χ0v) is 12.1. The zero-order valence-electron chi connectivity index (χ0n) is 11.3. The Kier molecular flexibility index (Phi) is 5.29. The van der Waals surface area contributed by atoms with Gasteiger partial charge in [0.15, 0.2) is 0 Å². The van der Waals surface area contributed by atoms with Crippen molar-refractivity contribution in [2.24, 2.45) is 0 Å². The van der Waals surface area contributed by atoms with Crippen LogP contribution in [0.15, 0.2) is 17.5 Å². The minimum Gasteiger partial charge on any atom is -0.356 e. The molecule has 0 saturated carbocycles. The van der Waals surface area contributed by atoms with Gasteiger partial charge in [-0.2, -0.15) is 0 Å². The molecule has 5 nitrogen and oxygen atoms in total. The van der Waals surface area contributed by atoms with E-state index in [1.54, 1.807) is 11.3 Å². The van der Waals surface area contributed by atoms with Gasteiger partial charge in [-0.3, -0.25) is 19.3 Å². The van der Waals surface area contributed by atoms with Gasteiger partial charge in [0, 0.05) is 37.2 Å². The van der Waals surface area contributed by atoms with Crippen LogP contribution in [0.2, 0.25) is 0 Å². The first kappa shape index (κ1) is 14.7. The number of likely N-dealkylation sites (tertiary alicyclic amines) is 1. The molecule has 1 aromatic heterocycles. The van der Waals surface area contributed by atoms with E-state index in [4.69, 9.17) is 0 Å². The fraction of sp³-hybridized carbons (Fsp3) is 0.500. The van der Waals surface area contributed by atoms with Crippen molar-refractivity contribution in [1.82, 2.24) is 10.2 Å². The number of amides is 3. The summed E-state index contributed by atoms with van der Waals surface area (Å²) in [5.41, 5.74) is 0. The maximum absolute atomic E-state index is 11.6. The first-order valence-corrected chi connectivity index (χ1v) is 7.67. The predicted octanol–water partition coefficient (Wildman–Crippen LogP) is 1.34. The van der Waals surface area contributed by atoms with Crippen molar-refractivity contribution in [3.63, 3.8) is 0 Å². The first-order chi connectivity index (χ1) is 9.66. The molecule has 1 aliphatic rings. The smallest absolute Gasteiger partial charge is 0.229 e. The van der Waals surface area contributed by atoms with Crippen molar-refractivity contribution < 1.29 is 14.4 Å². The largest absolute Gasteiger partial charge is 0.356 e. The molecule has 108 valence electrons. The number of thiophene rings is 1. The second-order valence-electron chi connectivity index (χ2n) is 4.72. The van der Waals surface area contributed by atoms with Crippen LogP contribution in [-0.4, -0.2) is 35.7 Å². The van der Waals surface area contributed by atoms with Crippen LogP contribution in [-0.2, 0) is 20.8 Å². The fourth-order valence-electron chi connectivity index (χ4n) is 2.14. The Hall–Kier alpha value is -1.69. The number of hydrogen-bond donors (Lipinski definition) is 1. The van der Waals surface area contributed by atoms with E-state index in [-0.39, 0.29) is 17.7 Å². The molecule has 0 bridgehead atoms. The fourth-order valence-corrected chi connectivity index (χ4v) is 2.85. The summed E-state index contributed by atoms with van der Waals surface area (Å²) in [5, 5.41) is 4.86. The molecule has 1 N–H and O–H groups in total. The molecule has 0 radical (unpaired) electrons. The normalized spacial score (nSPS) is 14.9. The van der Waals surface area contributed by atoms with Crippen LogP contribution in [0.25, 0.3) is 0 Å². The van der Waals surface area contributed by atoms with Crippen LogP contribution >= 0.6 is 11.3 Å². The standard InChI is InChI=1S/C14H18N2O3S/c17-12(15-8-7-11-3-2-10-20-11)4-1-9-16-13(18)5-6-14(16)19/h2-3,10H,1,4-9H2,(H,15,17). The highest BCUT2D eigenvalue weighted by Gasteiger charge is 2.28. The Balaban J connectivity index is 1.58. The summed E-state index contributed by atoms with van der Waals surface area (Å²) in [5.74, 6) is -0.262. The zero-order chi connectivity index (χ0) is 14.4. The van der Waals surface area contributed by atoms with Gasteiger partial charge < -0.3 is 5.32 Å². The van der Waals surface area contributed by atoms with Crippen molar-refractivity contribution in [1.29, 1.82) is 0 Å². The number of nitrogens with zero attached hydrogens (tertiary/aromatic N) is 1. The Bertz CT molecular complexity index is 469. The summed E-state index contributed by atoms with van der Waals surface area (Å²) < 4.78 is 0. The Morgan fingerprint density at radius 2 is 2.05 bits per heavy atom. The number of imide groups is 1. The van der Waals surface area contributed by atoms with Gasteiger partial charge in [0.1, 0.15) is 0 Å². The van der Waals surface area contributed by atoms with Gasteiger partial charge in [-0.1, -0.05) is 6.07 Å². The van der Waals surface area contributed by atoms with E-state index in [0.717, 1.165) is 6.42 Å². The van der Waals surface area contributed by atoms with Crippen LogP contribution < -0.4 is 5.32 Å². The highest BCUT2D eigenvalue weighted by Crippen LogP contribution is 2.12. The lowest BCUT2D eigenvalue weighted by Gasteiger charge is -2.13. The Morgan fingerprint density at radius 1 is 1.30 bits per heavy atom. The summed E-state index contributed by atoms with van der Waals surface area (Å²) in [6, 6.07) is 4.04. The van der Waals surface area contributed by atoms with Gasteiger partial charge in [-0.05, 0) is 24.3 Å². The molecule has 3 amide bonds. The lowest BCUT2D eigenvalue weighted by molar-refractivity contribution is -0.138. The van der Waals surface area contributed by atoms with Crippen molar-refractivity contribution in [2.45, 2.75) is 32.1 Å². The molecule has 1 saturated heterocycles. The Labute approximate surface area is 122 Å². The van der Waals surface area contributed by atoms with E-state index in [0.29, 0.717) is 38.8 Å². The van der Waals surface area contributed by atoms with Crippen LogP contribution in [0.4, 0.5) is 0 Å². The van der Waals surface area contributed by atoms with Crippen LogP contribution in [0.3, 0.4) is 0 Å². The molecular formula is C14H18N2O3S. The SMILES string of the molecule is O=C(CCCN1C(=O)CCC1=O)NCCc1cccs1. The summed E-state index contributed by atoms with van der Waals surface area (Å²) in [7, 11) is 0. The molecule has 0 aliphatic carbocycles. The van der Waals surface area contributed by atoms with Crippen molar-refractivity contribution in [3.05, 3.63) is 22.4 Å². The molecule has 0 atom stereocenters. The molecule has 2 heterocycles. The van der Waals surface area contributed by atoms with Gasteiger partial charge in [0.25, 0.3) is 0 Å². The van der Waals surface area contributed by atoms with Gasteiger partial charge in [0.2, 0.25) is 17.7 Å². The lowest BCUT2D eigenvalue weighted by Crippen LogP contribution is -2.31. The quantitative estimate of drug-likeness (QED) is 0.772. The molecular weight excluding hydrogens is 276 g/mol. The van der Waals surface area contributed by atoms with Crippen molar-refractivity contribution >= 4 is 29.1 Å². The average molecular weight is 294 g/mol. The highest BCUT2D eigenvalue weighted by atomic mass is 32.1. The van der Waals surface area contributed by atoms with Crippen LogP contribution in [0, 0.1) is 0 Å². The number of rotatable bonds is 7. The number of hydrogen-bond acceptors (Lipinski definition) is 4. The van der Waals surface area contributed by atoms with E-state index in [2.05, 4.69) is 5.32 Å². The van der Waals surface area contributed by atoms with Gasteiger partial charge in [0.05, 0.1) is 0 Å². The molecule has 6 heteroatoms. The molecule has 0 aromatic carbocycles. The van der Waals surface area contributed by atoms with E-state index in [1.807, 2.05) is 17.5 Å². The third-order valence-electron chi connectivity index (χ3n) is 3.21. The van der Waals surface area contributed by atoms with Crippen molar-refractivity contribution in [2.75, 3.05) is 13.1 Å². The number of carbonyl (C=O) groups is 3. The maximum atomic E-state index is 11.6.